The van der Waals surface area contributed by atoms with Gasteiger partial charge in [0.25, 0.3) is 0 Å². The molecule has 1 rings (SSSR count). The molecule has 18 heavy (non-hydrogen) atoms. The molecular formula is C12H13N3O3. The van der Waals surface area contributed by atoms with Gasteiger partial charge in [-0.1, -0.05) is 0 Å². The van der Waals surface area contributed by atoms with Gasteiger partial charge in [0.1, 0.15) is 17.3 Å². The van der Waals surface area contributed by atoms with Gasteiger partial charge in [-0.15, -0.1) is 0 Å². The van der Waals surface area contributed by atoms with Gasteiger partial charge in [-0.2, -0.15) is 5.26 Å². The van der Waals surface area contributed by atoms with Crippen molar-refractivity contribution in [2.75, 3.05) is 6.61 Å². The molecule has 6 heteroatoms. The summed E-state index contributed by atoms with van der Waals surface area (Å²) < 4.78 is 6.38. The Morgan fingerprint density at radius 1 is 1.56 bits per heavy atom. The standard InChI is InChI=1S/C12H13N3O3/c1-8(14)9(6-13)11(16)7-18-12(17)10-4-3-5-15(10)2/h3-5H,7,14H2,1-2H3. The molecule has 0 saturated carbocycles. The van der Waals surface area contributed by atoms with Crippen LogP contribution in [0.5, 0.6) is 0 Å². The summed E-state index contributed by atoms with van der Waals surface area (Å²) in [6.07, 6.45) is 1.68. The first-order valence-electron chi connectivity index (χ1n) is 5.15. The minimum atomic E-state index is -0.622. The average molecular weight is 247 g/mol. The first-order chi connectivity index (χ1) is 8.47. The summed E-state index contributed by atoms with van der Waals surface area (Å²) in [7, 11) is 1.68. The van der Waals surface area contributed by atoms with E-state index in [0.717, 1.165) is 0 Å². The fourth-order valence-corrected chi connectivity index (χ4v) is 1.32. The summed E-state index contributed by atoms with van der Waals surface area (Å²) >= 11 is 0. The smallest absolute Gasteiger partial charge is 0.355 e. The highest BCUT2D eigenvalue weighted by molar-refractivity contribution is 6.01. The second-order valence-electron chi connectivity index (χ2n) is 3.67. The normalized spacial score (nSPS) is 11.4. The number of aryl methyl sites for hydroxylation is 1. The molecule has 1 aromatic rings. The quantitative estimate of drug-likeness (QED) is 0.474. The predicted molar refractivity (Wildman–Crippen MR) is 63.2 cm³/mol. The zero-order chi connectivity index (χ0) is 13.7. The molecule has 0 fully saturated rings. The number of ketones is 1. The average Bonchev–Trinajstić information content (AvgIpc) is 2.72. The van der Waals surface area contributed by atoms with Gasteiger partial charge >= 0.3 is 5.97 Å². The Balaban J connectivity index is 2.66. The third-order valence-electron chi connectivity index (χ3n) is 2.27. The van der Waals surface area contributed by atoms with E-state index in [2.05, 4.69) is 0 Å². The highest BCUT2D eigenvalue weighted by Crippen LogP contribution is 2.04. The molecule has 0 radical (unpaired) electrons. The lowest BCUT2D eigenvalue weighted by Crippen LogP contribution is -2.18. The lowest BCUT2D eigenvalue weighted by molar-refractivity contribution is -0.118. The van der Waals surface area contributed by atoms with Crippen molar-refractivity contribution in [2.45, 2.75) is 6.92 Å². The Morgan fingerprint density at radius 3 is 2.67 bits per heavy atom. The van der Waals surface area contributed by atoms with Crippen LogP contribution in [0.25, 0.3) is 0 Å². The Morgan fingerprint density at radius 2 is 2.22 bits per heavy atom. The van der Waals surface area contributed by atoms with Gasteiger partial charge in [0.05, 0.1) is 0 Å². The maximum absolute atomic E-state index is 11.6. The number of nitrogens with zero attached hydrogens (tertiary/aromatic N) is 2. The number of ether oxygens (including phenoxy) is 1. The van der Waals surface area contributed by atoms with Crippen molar-refractivity contribution < 1.29 is 14.3 Å². The van der Waals surface area contributed by atoms with Gasteiger partial charge in [0.15, 0.2) is 6.61 Å². The van der Waals surface area contributed by atoms with Gasteiger partial charge in [0.2, 0.25) is 5.78 Å². The van der Waals surface area contributed by atoms with Crippen LogP contribution in [-0.4, -0.2) is 22.9 Å². The number of Topliss-reactive ketones (excluding diaryl/α,β-unsaturated/α-hetero) is 1. The third-order valence-corrected chi connectivity index (χ3v) is 2.27. The van der Waals surface area contributed by atoms with Gasteiger partial charge in [0, 0.05) is 18.9 Å². The van der Waals surface area contributed by atoms with Crippen molar-refractivity contribution in [3.8, 4) is 6.07 Å². The highest BCUT2D eigenvalue weighted by Gasteiger charge is 2.16. The number of nitrogens with two attached hydrogens (primary N) is 1. The molecule has 6 nitrogen and oxygen atoms in total. The maximum atomic E-state index is 11.6. The molecule has 1 aromatic heterocycles. The zero-order valence-electron chi connectivity index (χ0n) is 10.1. The SMILES string of the molecule is CC(N)=C(C#N)C(=O)COC(=O)c1cccn1C. The van der Waals surface area contributed by atoms with E-state index in [9.17, 15) is 9.59 Å². The Bertz CT molecular complexity index is 545. The highest BCUT2D eigenvalue weighted by atomic mass is 16.5. The van der Waals surface area contributed by atoms with Crippen molar-refractivity contribution >= 4 is 11.8 Å². The lowest BCUT2D eigenvalue weighted by atomic mass is 10.1. The molecule has 0 aliphatic heterocycles. The van der Waals surface area contributed by atoms with Gasteiger partial charge in [-0.25, -0.2) is 4.79 Å². The van der Waals surface area contributed by atoms with E-state index >= 15 is 0 Å². The monoisotopic (exact) mass is 247 g/mol. The van der Waals surface area contributed by atoms with Crippen LogP contribution in [0, 0.1) is 11.3 Å². The predicted octanol–water partition coefficient (Wildman–Crippen LogP) is 0.507. The first kappa shape index (κ1) is 13.5. The molecule has 94 valence electrons. The number of carbonyl (C=O) groups is 2. The van der Waals surface area contributed by atoms with Crippen LogP contribution in [0.15, 0.2) is 29.6 Å². The van der Waals surface area contributed by atoms with Gasteiger partial charge in [-0.3, -0.25) is 4.79 Å². The summed E-state index contributed by atoms with van der Waals surface area (Å²) in [5, 5.41) is 8.71. The summed E-state index contributed by atoms with van der Waals surface area (Å²) in [6, 6.07) is 4.93. The largest absolute Gasteiger partial charge is 0.453 e. The first-order valence-corrected chi connectivity index (χ1v) is 5.15. The number of esters is 1. The minimum Gasteiger partial charge on any atom is -0.453 e. The van der Waals surface area contributed by atoms with E-state index in [-0.39, 0.29) is 11.3 Å². The number of allylic oxidation sites excluding steroid dienone is 1. The van der Waals surface area contributed by atoms with Crippen molar-refractivity contribution in [1.82, 2.24) is 4.57 Å². The van der Waals surface area contributed by atoms with Crippen LogP contribution < -0.4 is 5.73 Å². The van der Waals surface area contributed by atoms with E-state index < -0.39 is 18.4 Å². The van der Waals surface area contributed by atoms with E-state index in [4.69, 9.17) is 15.7 Å². The molecule has 0 spiro atoms. The lowest BCUT2D eigenvalue weighted by Gasteiger charge is -2.05. The van der Waals surface area contributed by atoms with Crippen LogP contribution in [0.1, 0.15) is 17.4 Å². The molecule has 0 saturated heterocycles. The maximum Gasteiger partial charge on any atom is 0.355 e. The number of carbonyl (C=O) groups excluding carboxylic acids is 2. The fraction of sp³-hybridized carbons (Fsp3) is 0.250. The van der Waals surface area contributed by atoms with Crippen LogP contribution >= 0.6 is 0 Å². The number of nitriles is 1. The Hall–Kier alpha value is -2.55. The third kappa shape index (κ3) is 2.98. The summed E-state index contributed by atoms with van der Waals surface area (Å²) in [6.45, 7) is 0.941. The van der Waals surface area contributed by atoms with E-state index in [0.29, 0.717) is 5.69 Å². The van der Waals surface area contributed by atoms with Crippen molar-refractivity contribution in [2.24, 2.45) is 12.8 Å². The number of hydrogen-bond acceptors (Lipinski definition) is 5. The van der Waals surface area contributed by atoms with Gasteiger partial charge < -0.3 is 15.0 Å². The molecular weight excluding hydrogens is 234 g/mol. The fourth-order valence-electron chi connectivity index (χ4n) is 1.32. The molecule has 0 aromatic carbocycles. The van der Waals surface area contributed by atoms with Crippen LogP contribution in [0.4, 0.5) is 0 Å². The van der Waals surface area contributed by atoms with Crippen LogP contribution in [-0.2, 0) is 16.6 Å². The van der Waals surface area contributed by atoms with Crippen molar-refractivity contribution in [3.05, 3.63) is 35.3 Å². The number of rotatable bonds is 4. The summed E-state index contributed by atoms with van der Waals surface area (Å²) in [5.74, 6) is -1.23. The minimum absolute atomic E-state index is 0.109. The Labute approximate surface area is 104 Å². The van der Waals surface area contributed by atoms with Crippen molar-refractivity contribution in [1.29, 1.82) is 5.26 Å². The zero-order valence-corrected chi connectivity index (χ0v) is 10.1. The van der Waals surface area contributed by atoms with Crippen LogP contribution in [0.2, 0.25) is 0 Å². The number of aromatic nitrogens is 1. The molecule has 0 bridgehead atoms. The second kappa shape index (κ2) is 5.68. The van der Waals surface area contributed by atoms with E-state index in [1.165, 1.54) is 6.92 Å². The molecule has 0 aliphatic rings. The number of hydrogen-bond donors (Lipinski definition) is 1. The van der Waals surface area contributed by atoms with Crippen LogP contribution in [0.3, 0.4) is 0 Å². The van der Waals surface area contributed by atoms with E-state index in [1.807, 2.05) is 0 Å². The molecule has 0 aliphatic carbocycles. The second-order valence-corrected chi connectivity index (χ2v) is 3.67. The molecule has 0 atom stereocenters. The summed E-state index contributed by atoms with van der Waals surface area (Å²) in [4.78, 5) is 23.1. The molecule has 0 unspecified atom stereocenters. The van der Waals surface area contributed by atoms with Crippen molar-refractivity contribution in [3.63, 3.8) is 0 Å². The van der Waals surface area contributed by atoms with Gasteiger partial charge in [-0.05, 0) is 19.1 Å². The topological polar surface area (TPSA) is 98.1 Å². The molecule has 1 heterocycles. The van der Waals surface area contributed by atoms with E-state index in [1.54, 1.807) is 36.0 Å². The molecule has 0 amide bonds. The summed E-state index contributed by atoms with van der Waals surface area (Å²) in [5.41, 5.74) is 5.62. The molecule has 2 N–H and O–H groups in total. The Kier molecular flexibility index (Phi) is 4.27.